The Balaban J connectivity index is 1.34. The van der Waals surface area contributed by atoms with Gasteiger partial charge in [0.15, 0.2) is 0 Å². The number of nitrogens with one attached hydrogen (secondary N) is 1. The first kappa shape index (κ1) is 20.9. The van der Waals surface area contributed by atoms with Gasteiger partial charge in [-0.05, 0) is 77.1 Å². The third-order valence-corrected chi connectivity index (χ3v) is 8.39. The van der Waals surface area contributed by atoms with Crippen LogP contribution in [0, 0.1) is 0 Å². The van der Waals surface area contributed by atoms with Crippen LogP contribution in [0.5, 0.6) is 0 Å². The summed E-state index contributed by atoms with van der Waals surface area (Å²) in [5.74, 6) is 1.47. The first-order valence-electron chi connectivity index (χ1n) is 11.8. The number of carbonyl (C=O) groups is 1. The van der Waals surface area contributed by atoms with E-state index < -0.39 is 0 Å². The van der Waals surface area contributed by atoms with Crippen LogP contribution in [0.25, 0.3) is 0 Å². The second-order valence-corrected chi connectivity index (χ2v) is 10.4. The Morgan fingerprint density at radius 2 is 1.90 bits per heavy atom. The van der Waals surface area contributed by atoms with Crippen LogP contribution in [0.3, 0.4) is 0 Å². The molecule has 1 aliphatic carbocycles. The number of rotatable bonds is 3. The van der Waals surface area contributed by atoms with Crippen LogP contribution in [0.15, 0.2) is 16.2 Å². The van der Waals surface area contributed by atoms with E-state index in [1.165, 1.54) is 23.3 Å². The van der Waals surface area contributed by atoms with Crippen LogP contribution in [0.2, 0.25) is 0 Å². The Kier molecular flexibility index (Phi) is 5.97. The molecule has 1 amide bonds. The Morgan fingerprint density at radius 1 is 1.10 bits per heavy atom. The first-order valence-corrected chi connectivity index (χ1v) is 12.6. The number of fused-ring (bicyclic) bond motifs is 1. The van der Waals surface area contributed by atoms with Gasteiger partial charge in [0.05, 0.1) is 11.3 Å². The molecule has 0 saturated carbocycles. The van der Waals surface area contributed by atoms with E-state index in [4.69, 9.17) is 4.98 Å². The van der Waals surface area contributed by atoms with Crippen molar-refractivity contribution in [1.82, 2.24) is 19.8 Å². The van der Waals surface area contributed by atoms with E-state index in [1.807, 2.05) is 4.90 Å². The monoisotopic (exact) mass is 440 g/mol. The van der Waals surface area contributed by atoms with Gasteiger partial charge in [-0.15, -0.1) is 11.3 Å². The number of aryl methyl sites for hydroxylation is 1. The maximum absolute atomic E-state index is 13.4. The van der Waals surface area contributed by atoms with Crippen molar-refractivity contribution in [3.05, 3.63) is 49.3 Å². The molecule has 1 atom stereocenters. The van der Waals surface area contributed by atoms with E-state index >= 15 is 0 Å². The lowest BCUT2D eigenvalue weighted by molar-refractivity contribution is 0.0705. The molecule has 4 heterocycles. The number of piperidine rings is 2. The summed E-state index contributed by atoms with van der Waals surface area (Å²) in [5.41, 5.74) is 3.02. The highest BCUT2D eigenvalue weighted by atomic mass is 32.1. The van der Waals surface area contributed by atoms with E-state index in [0.717, 1.165) is 75.2 Å². The third-order valence-electron chi connectivity index (χ3n) is 7.30. The number of thiophene rings is 1. The van der Waals surface area contributed by atoms with E-state index in [2.05, 4.69) is 22.3 Å². The van der Waals surface area contributed by atoms with Crippen molar-refractivity contribution in [1.29, 1.82) is 0 Å². The van der Waals surface area contributed by atoms with Crippen LogP contribution in [-0.2, 0) is 12.8 Å². The molecule has 2 aromatic heterocycles. The molecule has 6 nitrogen and oxygen atoms in total. The lowest BCUT2D eigenvalue weighted by Crippen LogP contribution is -2.40. The van der Waals surface area contributed by atoms with Crippen molar-refractivity contribution in [3.8, 4) is 0 Å². The van der Waals surface area contributed by atoms with E-state index in [9.17, 15) is 9.59 Å². The number of amides is 1. The van der Waals surface area contributed by atoms with Crippen molar-refractivity contribution in [2.24, 2.45) is 0 Å². The summed E-state index contributed by atoms with van der Waals surface area (Å²) in [6.07, 6.45) is 8.57. The molecule has 166 valence electrons. The molecular formula is C24H32N4O2S. The zero-order valence-corrected chi connectivity index (χ0v) is 19.2. The Hall–Kier alpha value is -1.99. The largest absolute Gasteiger partial charge is 0.338 e. The third kappa shape index (κ3) is 4.35. The normalized spacial score (nSPS) is 23.0. The Labute approximate surface area is 187 Å². The molecule has 3 aliphatic rings. The fraction of sp³-hybridized carbons (Fsp3) is 0.625. The van der Waals surface area contributed by atoms with Crippen molar-refractivity contribution in [2.45, 2.75) is 63.2 Å². The summed E-state index contributed by atoms with van der Waals surface area (Å²) >= 11 is 1.75. The number of likely N-dealkylation sites (tertiary alicyclic amines) is 2. The number of aromatic amines is 1. The number of nitrogens with zero attached hydrogens (tertiary/aromatic N) is 3. The second kappa shape index (κ2) is 8.87. The summed E-state index contributed by atoms with van der Waals surface area (Å²) in [5, 5.41) is 2.08. The molecule has 2 aromatic rings. The summed E-state index contributed by atoms with van der Waals surface area (Å²) in [4.78, 5) is 39.5. The molecule has 7 heteroatoms. The summed E-state index contributed by atoms with van der Waals surface area (Å²) in [6.45, 7) is 3.53. The number of carbonyl (C=O) groups excluding carboxylic acids is 1. The molecule has 2 aliphatic heterocycles. The van der Waals surface area contributed by atoms with Crippen LogP contribution >= 0.6 is 11.3 Å². The Bertz CT molecular complexity index is 1010. The van der Waals surface area contributed by atoms with Crippen molar-refractivity contribution >= 4 is 17.2 Å². The molecular weight excluding hydrogens is 408 g/mol. The molecule has 0 bridgehead atoms. The van der Waals surface area contributed by atoms with Crippen LogP contribution in [0.4, 0.5) is 0 Å². The topological polar surface area (TPSA) is 69.3 Å². The maximum atomic E-state index is 13.4. The molecule has 31 heavy (non-hydrogen) atoms. The number of H-pyrrole nitrogens is 1. The lowest BCUT2D eigenvalue weighted by Gasteiger charge is -2.33. The van der Waals surface area contributed by atoms with Crippen molar-refractivity contribution in [2.75, 3.05) is 33.2 Å². The van der Waals surface area contributed by atoms with Crippen LogP contribution < -0.4 is 5.56 Å². The van der Waals surface area contributed by atoms with Crippen LogP contribution in [-0.4, -0.2) is 58.9 Å². The van der Waals surface area contributed by atoms with Gasteiger partial charge in [-0.1, -0.05) is 0 Å². The van der Waals surface area contributed by atoms with Gasteiger partial charge >= 0.3 is 0 Å². The summed E-state index contributed by atoms with van der Waals surface area (Å²) in [6, 6.07) is 1.66. The van der Waals surface area contributed by atoms with Gasteiger partial charge in [0.2, 0.25) is 0 Å². The first-order chi connectivity index (χ1) is 15.1. The predicted molar refractivity (Wildman–Crippen MR) is 123 cm³/mol. The fourth-order valence-electron chi connectivity index (χ4n) is 5.43. The van der Waals surface area contributed by atoms with E-state index in [0.29, 0.717) is 12.5 Å². The standard InChI is InChI=1S/C24H32N4O2S/c1-27-11-8-16(9-12-27)23-25-20(13-22(29)26-23)17-5-4-10-28(14-17)24(30)19-15-31-21-7-3-2-6-18(19)21/h13,15-17H,2-12,14H2,1H3,(H,25,26,29)/t17-/m1/s1. The Morgan fingerprint density at radius 3 is 2.74 bits per heavy atom. The maximum Gasteiger partial charge on any atom is 0.255 e. The number of aromatic nitrogens is 2. The van der Waals surface area contributed by atoms with Crippen LogP contribution in [0.1, 0.15) is 82.7 Å². The van der Waals surface area contributed by atoms with Gasteiger partial charge in [0, 0.05) is 41.2 Å². The van der Waals surface area contributed by atoms with Gasteiger partial charge in [-0.25, -0.2) is 4.98 Å². The molecule has 0 unspecified atom stereocenters. The van der Waals surface area contributed by atoms with E-state index in [1.54, 1.807) is 17.4 Å². The van der Waals surface area contributed by atoms with Gasteiger partial charge in [0.1, 0.15) is 5.82 Å². The summed E-state index contributed by atoms with van der Waals surface area (Å²) in [7, 11) is 2.14. The van der Waals surface area contributed by atoms with Gasteiger partial charge in [-0.3, -0.25) is 9.59 Å². The minimum Gasteiger partial charge on any atom is -0.338 e. The molecule has 0 radical (unpaired) electrons. The average Bonchev–Trinajstić information content (AvgIpc) is 3.23. The molecule has 0 spiro atoms. The van der Waals surface area contributed by atoms with Gasteiger partial charge in [-0.2, -0.15) is 0 Å². The smallest absolute Gasteiger partial charge is 0.255 e. The predicted octanol–water partition coefficient (Wildman–Crippen LogP) is 3.54. The van der Waals surface area contributed by atoms with Crippen molar-refractivity contribution in [3.63, 3.8) is 0 Å². The SMILES string of the molecule is CN1CCC(c2nc([C@@H]3CCCN(C(=O)c4csc5c4CCCC5)C3)cc(=O)[nH]2)CC1. The second-order valence-electron chi connectivity index (χ2n) is 9.48. The average molecular weight is 441 g/mol. The zero-order chi connectivity index (χ0) is 21.4. The highest BCUT2D eigenvalue weighted by Crippen LogP contribution is 2.33. The van der Waals surface area contributed by atoms with Gasteiger partial charge < -0.3 is 14.8 Å². The highest BCUT2D eigenvalue weighted by Gasteiger charge is 2.30. The molecule has 0 aromatic carbocycles. The zero-order valence-electron chi connectivity index (χ0n) is 18.4. The van der Waals surface area contributed by atoms with Crippen molar-refractivity contribution < 1.29 is 4.79 Å². The molecule has 2 saturated heterocycles. The quantitative estimate of drug-likeness (QED) is 0.793. The fourth-order valence-corrected chi connectivity index (χ4v) is 6.55. The summed E-state index contributed by atoms with van der Waals surface area (Å²) < 4.78 is 0. The van der Waals surface area contributed by atoms with Gasteiger partial charge in [0.25, 0.3) is 11.5 Å². The van der Waals surface area contributed by atoms with E-state index in [-0.39, 0.29) is 17.4 Å². The number of hydrogen-bond acceptors (Lipinski definition) is 5. The number of hydrogen-bond donors (Lipinski definition) is 1. The molecule has 5 rings (SSSR count). The molecule has 1 N–H and O–H groups in total. The highest BCUT2D eigenvalue weighted by molar-refractivity contribution is 7.10. The minimum absolute atomic E-state index is 0.0608. The lowest BCUT2D eigenvalue weighted by atomic mass is 9.91. The molecule has 2 fully saturated rings. The minimum atomic E-state index is -0.0608.